The quantitative estimate of drug-likeness (QED) is 0.107. The highest BCUT2D eigenvalue weighted by molar-refractivity contribution is 6.10. The third kappa shape index (κ3) is 4.03. The highest BCUT2D eigenvalue weighted by atomic mass is 16.6. The minimum Gasteiger partial charge on any atom is -0.276 e. The van der Waals surface area contributed by atoms with Crippen molar-refractivity contribution in [3.63, 3.8) is 0 Å². The molecular weight excluding hydrogens is 574 g/mol. The number of anilines is 2. The monoisotopic (exact) mass is 597 g/mol. The van der Waals surface area contributed by atoms with E-state index in [1.807, 2.05) is 91.0 Å². The van der Waals surface area contributed by atoms with Crippen LogP contribution in [-0.2, 0) is 11.3 Å². The van der Waals surface area contributed by atoms with Crippen LogP contribution in [0.4, 0.5) is 33.2 Å². The molecule has 2 heterocycles. The van der Waals surface area contributed by atoms with Gasteiger partial charge in [-0.15, -0.1) is 4.81 Å². The number of azo groups is 1. The van der Waals surface area contributed by atoms with Crippen LogP contribution in [0.25, 0.3) is 5.43 Å². The number of nitro groups is 2. The summed E-state index contributed by atoms with van der Waals surface area (Å²) in [5, 5.41) is 28.2. The Morgan fingerprint density at radius 3 is 1.60 bits per heavy atom. The Bertz CT molecular complexity index is 1960. The Morgan fingerprint density at radius 2 is 1.07 bits per heavy atom. The van der Waals surface area contributed by atoms with Crippen molar-refractivity contribution >= 4 is 34.5 Å². The minimum absolute atomic E-state index is 0.0951. The Kier molecular flexibility index (Phi) is 6.32. The molecule has 2 atom stereocenters. The molecule has 2 unspecified atom stereocenters. The van der Waals surface area contributed by atoms with E-state index in [1.54, 1.807) is 17.0 Å². The Morgan fingerprint density at radius 1 is 0.600 bits per heavy atom. The average Bonchev–Trinajstić information content (AvgIpc) is 3.53. The topological polar surface area (TPSA) is 139 Å². The largest absolute Gasteiger partial charge is 0.330 e. The van der Waals surface area contributed by atoms with E-state index in [4.69, 9.17) is 10.5 Å². The van der Waals surface area contributed by atoms with E-state index >= 15 is 0 Å². The molecule has 5 aromatic carbocycles. The molecule has 0 radical (unpaired) electrons. The lowest BCUT2D eigenvalue weighted by molar-refractivity contribution is -0.457. The van der Waals surface area contributed by atoms with Crippen LogP contribution in [-0.4, -0.2) is 20.7 Å². The van der Waals surface area contributed by atoms with Gasteiger partial charge in [0.05, 0.1) is 9.85 Å². The Labute approximate surface area is 256 Å². The SMILES string of the molecule is O=C1N(c2ccccc2)C2(c3ccccc3)N=[N+](c3ccc([N+](=O)[O-])cc3)[N-]C2(c2ccccc2)N1c1ccc([N+](=O)[O-])cc1. The number of nitrogens with zero attached hydrogens (tertiary/aromatic N) is 7. The zero-order valence-electron chi connectivity index (χ0n) is 23.5. The number of hydrogen-bond donors (Lipinski definition) is 0. The van der Waals surface area contributed by atoms with E-state index in [2.05, 4.69) is 0 Å². The van der Waals surface area contributed by atoms with E-state index in [-0.39, 0.29) is 11.4 Å². The molecule has 2 aliphatic heterocycles. The lowest BCUT2D eigenvalue weighted by Gasteiger charge is -2.45. The zero-order chi connectivity index (χ0) is 31.2. The first kappa shape index (κ1) is 27.4. The molecule has 12 heteroatoms. The van der Waals surface area contributed by atoms with Gasteiger partial charge in [-0.3, -0.25) is 30.0 Å². The van der Waals surface area contributed by atoms with Crippen LogP contribution in [0.3, 0.4) is 0 Å². The van der Waals surface area contributed by atoms with Gasteiger partial charge in [-0.25, -0.2) is 4.79 Å². The number of rotatable bonds is 7. The van der Waals surface area contributed by atoms with Gasteiger partial charge < -0.3 is 0 Å². The number of benzene rings is 5. The molecule has 12 nitrogen and oxygen atoms in total. The van der Waals surface area contributed by atoms with Crippen molar-refractivity contribution in [2.24, 2.45) is 5.11 Å². The van der Waals surface area contributed by atoms with Gasteiger partial charge in [-0.2, -0.15) is 10.5 Å². The maximum absolute atomic E-state index is 15.0. The van der Waals surface area contributed by atoms with E-state index in [9.17, 15) is 25.0 Å². The Hall–Kier alpha value is -6.43. The summed E-state index contributed by atoms with van der Waals surface area (Å²) in [6.07, 6.45) is 0. The number of carbonyl (C=O) groups excluding carboxylic acids is 1. The summed E-state index contributed by atoms with van der Waals surface area (Å²) in [6, 6.07) is 38.8. The number of hydrogen-bond acceptors (Lipinski definition) is 6. The van der Waals surface area contributed by atoms with E-state index in [0.29, 0.717) is 28.2 Å². The van der Waals surface area contributed by atoms with Gasteiger partial charge in [0.25, 0.3) is 11.4 Å². The number of carbonyl (C=O) groups is 1. The smallest absolute Gasteiger partial charge is 0.276 e. The molecule has 2 aliphatic rings. The van der Waals surface area contributed by atoms with Gasteiger partial charge in [0.1, 0.15) is 0 Å². The predicted molar refractivity (Wildman–Crippen MR) is 165 cm³/mol. The van der Waals surface area contributed by atoms with Crippen LogP contribution in [0.2, 0.25) is 0 Å². The van der Waals surface area contributed by atoms with Crippen LogP contribution < -0.4 is 9.80 Å². The predicted octanol–water partition coefficient (Wildman–Crippen LogP) is 7.75. The number of non-ortho nitro benzene ring substituents is 2. The van der Waals surface area contributed by atoms with Crippen molar-refractivity contribution < 1.29 is 19.4 Å². The number of nitro benzene ring substituents is 2. The first-order chi connectivity index (χ1) is 21.9. The summed E-state index contributed by atoms with van der Waals surface area (Å²) in [5.74, 6) is 0. The highest BCUT2D eigenvalue weighted by Crippen LogP contribution is 2.64. The van der Waals surface area contributed by atoms with E-state index < -0.39 is 27.2 Å². The first-order valence-electron chi connectivity index (χ1n) is 13.9. The average molecular weight is 598 g/mol. The van der Waals surface area contributed by atoms with Crippen LogP contribution in [0, 0.1) is 20.2 Å². The van der Waals surface area contributed by atoms with Crippen molar-refractivity contribution in [2.45, 2.75) is 11.3 Å². The molecule has 0 N–H and O–H groups in total. The van der Waals surface area contributed by atoms with Gasteiger partial charge >= 0.3 is 6.03 Å². The maximum atomic E-state index is 15.0. The van der Waals surface area contributed by atoms with Crippen LogP contribution in [0.5, 0.6) is 0 Å². The minimum atomic E-state index is -1.60. The molecular formula is C33H23N7O5. The summed E-state index contributed by atoms with van der Waals surface area (Å²) in [4.78, 5) is 41.4. The molecule has 0 aliphatic carbocycles. The van der Waals surface area contributed by atoms with Crippen molar-refractivity contribution in [3.05, 3.63) is 176 Å². The van der Waals surface area contributed by atoms with Crippen LogP contribution in [0.15, 0.2) is 145 Å². The number of para-hydroxylation sites is 1. The maximum Gasteiger partial charge on any atom is 0.330 e. The molecule has 0 spiro atoms. The number of amides is 2. The molecule has 220 valence electrons. The fraction of sp³-hybridized carbons (Fsp3) is 0.0606. The van der Waals surface area contributed by atoms with Crippen molar-refractivity contribution in [2.75, 3.05) is 9.80 Å². The molecule has 7 rings (SSSR count). The van der Waals surface area contributed by atoms with E-state index in [1.165, 1.54) is 46.1 Å². The second-order valence-electron chi connectivity index (χ2n) is 10.4. The molecule has 5 aromatic rings. The van der Waals surface area contributed by atoms with Crippen molar-refractivity contribution in [3.8, 4) is 0 Å². The summed E-state index contributed by atoms with van der Waals surface area (Å²) >= 11 is 0. The van der Waals surface area contributed by atoms with Gasteiger partial charge in [-0.05, 0) is 35.4 Å². The second kappa shape index (κ2) is 10.4. The molecule has 0 aromatic heterocycles. The highest BCUT2D eigenvalue weighted by Gasteiger charge is 2.72. The lowest BCUT2D eigenvalue weighted by atomic mass is 9.81. The first-order valence-corrected chi connectivity index (χ1v) is 13.9. The molecule has 2 amide bonds. The lowest BCUT2D eigenvalue weighted by Crippen LogP contribution is -2.53. The number of fused-ring (bicyclic) bond motifs is 1. The second-order valence-corrected chi connectivity index (χ2v) is 10.4. The van der Waals surface area contributed by atoms with E-state index in [0.717, 1.165) is 0 Å². The summed E-state index contributed by atoms with van der Waals surface area (Å²) in [7, 11) is 0. The number of urea groups is 1. The fourth-order valence-corrected chi connectivity index (χ4v) is 6.05. The zero-order valence-corrected chi connectivity index (χ0v) is 23.5. The van der Waals surface area contributed by atoms with Gasteiger partial charge in [0, 0.05) is 47.8 Å². The van der Waals surface area contributed by atoms with Crippen LogP contribution in [0.1, 0.15) is 11.1 Å². The van der Waals surface area contributed by atoms with Gasteiger partial charge in [-0.1, -0.05) is 78.9 Å². The van der Waals surface area contributed by atoms with Gasteiger partial charge in [0.2, 0.25) is 5.69 Å². The molecule has 45 heavy (non-hydrogen) atoms. The third-order valence-corrected chi connectivity index (χ3v) is 7.97. The van der Waals surface area contributed by atoms with Crippen molar-refractivity contribution in [1.82, 2.24) is 0 Å². The molecule has 1 fully saturated rings. The fourth-order valence-electron chi connectivity index (χ4n) is 6.05. The van der Waals surface area contributed by atoms with Crippen molar-refractivity contribution in [1.29, 1.82) is 0 Å². The summed E-state index contributed by atoms with van der Waals surface area (Å²) < 4.78 is 0. The Balaban J connectivity index is 1.58. The summed E-state index contributed by atoms with van der Waals surface area (Å²) in [6.45, 7) is 0. The molecule has 0 bridgehead atoms. The molecule has 0 saturated carbocycles. The summed E-state index contributed by atoms with van der Waals surface area (Å²) in [5.41, 5.74) is 4.43. The third-order valence-electron chi connectivity index (χ3n) is 7.97. The normalized spacial score (nSPS) is 20.4. The van der Waals surface area contributed by atoms with Gasteiger partial charge in [0.15, 0.2) is 11.3 Å². The molecule has 1 saturated heterocycles. The standard InChI is InChI=1S/C33H23N7O5/c41-31-36(26-14-8-3-9-15-26)32(24-10-4-1-5-11-24)33(25-12-6-2-7-13-25,37(31)27-16-20-29(21-17-27)39(42)43)35-38(34-32)28-18-22-30(23-19-28)40(44)45/h1-23H. The van der Waals surface area contributed by atoms with Crippen LogP contribution >= 0.6 is 0 Å².